The summed E-state index contributed by atoms with van der Waals surface area (Å²) in [5.41, 5.74) is 1.32. The summed E-state index contributed by atoms with van der Waals surface area (Å²) in [4.78, 5) is 16.1. The number of hydrogen-bond donors (Lipinski definition) is 0. The SMILES string of the molecule is O=C1C(=Cc2cccnc2)Oc2ccc(Cl)cc21. The molecule has 4 heteroatoms. The summed E-state index contributed by atoms with van der Waals surface area (Å²) in [6.45, 7) is 0. The van der Waals surface area contributed by atoms with Gasteiger partial charge in [0.25, 0.3) is 0 Å². The fourth-order valence-corrected chi connectivity index (χ4v) is 1.95. The third-order valence-electron chi connectivity index (χ3n) is 2.61. The number of allylic oxidation sites excluding steroid dienone is 1. The van der Waals surface area contributed by atoms with Crippen LogP contribution in [-0.2, 0) is 0 Å². The van der Waals surface area contributed by atoms with Crippen molar-refractivity contribution in [3.63, 3.8) is 0 Å². The van der Waals surface area contributed by atoms with Gasteiger partial charge in [0.2, 0.25) is 5.78 Å². The maximum atomic E-state index is 12.1. The van der Waals surface area contributed by atoms with E-state index in [1.54, 1.807) is 42.7 Å². The van der Waals surface area contributed by atoms with Gasteiger partial charge in [-0.1, -0.05) is 17.7 Å². The molecule has 1 aliphatic heterocycles. The first-order valence-electron chi connectivity index (χ1n) is 5.38. The number of aromatic nitrogens is 1. The lowest BCUT2D eigenvalue weighted by Gasteiger charge is -1.97. The summed E-state index contributed by atoms with van der Waals surface area (Å²) in [5.74, 6) is 0.677. The minimum atomic E-state index is -0.156. The molecule has 1 aromatic carbocycles. The second-order valence-corrected chi connectivity index (χ2v) is 4.30. The van der Waals surface area contributed by atoms with Crippen molar-refractivity contribution in [1.29, 1.82) is 0 Å². The average molecular weight is 258 g/mol. The number of rotatable bonds is 1. The van der Waals surface area contributed by atoms with Crippen LogP contribution < -0.4 is 4.74 Å². The maximum Gasteiger partial charge on any atom is 0.232 e. The van der Waals surface area contributed by atoms with Gasteiger partial charge in [-0.2, -0.15) is 0 Å². The Morgan fingerprint density at radius 3 is 2.94 bits per heavy atom. The zero-order valence-electron chi connectivity index (χ0n) is 9.26. The molecule has 2 heterocycles. The van der Waals surface area contributed by atoms with E-state index in [1.165, 1.54) is 0 Å². The summed E-state index contributed by atoms with van der Waals surface area (Å²) >= 11 is 5.86. The number of fused-ring (bicyclic) bond motifs is 1. The lowest BCUT2D eigenvalue weighted by Crippen LogP contribution is -1.98. The van der Waals surface area contributed by atoms with Crippen LogP contribution in [0.1, 0.15) is 15.9 Å². The number of ether oxygens (including phenoxy) is 1. The highest BCUT2D eigenvalue weighted by Gasteiger charge is 2.27. The van der Waals surface area contributed by atoms with Crippen molar-refractivity contribution < 1.29 is 9.53 Å². The van der Waals surface area contributed by atoms with E-state index in [1.807, 2.05) is 6.07 Å². The van der Waals surface area contributed by atoms with Crippen molar-refractivity contribution in [2.75, 3.05) is 0 Å². The molecule has 0 radical (unpaired) electrons. The van der Waals surface area contributed by atoms with Crippen molar-refractivity contribution in [3.8, 4) is 5.75 Å². The Morgan fingerprint density at radius 2 is 2.17 bits per heavy atom. The highest BCUT2D eigenvalue weighted by Crippen LogP contribution is 2.33. The molecule has 88 valence electrons. The van der Waals surface area contributed by atoms with Crippen LogP contribution in [-0.4, -0.2) is 10.8 Å². The van der Waals surface area contributed by atoms with E-state index in [-0.39, 0.29) is 5.78 Å². The van der Waals surface area contributed by atoms with Gasteiger partial charge >= 0.3 is 0 Å². The largest absolute Gasteiger partial charge is 0.452 e. The van der Waals surface area contributed by atoms with E-state index in [4.69, 9.17) is 16.3 Å². The fraction of sp³-hybridized carbons (Fsp3) is 0. The zero-order chi connectivity index (χ0) is 12.5. The summed E-state index contributed by atoms with van der Waals surface area (Å²) in [7, 11) is 0. The summed E-state index contributed by atoms with van der Waals surface area (Å²) in [5, 5.41) is 0.522. The second kappa shape index (κ2) is 4.27. The smallest absolute Gasteiger partial charge is 0.232 e. The number of benzene rings is 1. The highest BCUT2D eigenvalue weighted by molar-refractivity contribution is 6.31. The van der Waals surface area contributed by atoms with Crippen LogP contribution in [0.2, 0.25) is 5.02 Å². The van der Waals surface area contributed by atoms with Crippen LogP contribution >= 0.6 is 11.6 Å². The molecular formula is C14H8ClNO2. The Bertz CT molecular complexity index is 650. The summed E-state index contributed by atoms with van der Waals surface area (Å²) in [6.07, 6.45) is 5.01. The third kappa shape index (κ3) is 1.89. The van der Waals surface area contributed by atoms with Gasteiger partial charge in [-0.3, -0.25) is 9.78 Å². The molecule has 0 spiro atoms. The van der Waals surface area contributed by atoms with E-state index in [0.717, 1.165) is 5.56 Å². The van der Waals surface area contributed by atoms with E-state index >= 15 is 0 Å². The number of pyridine rings is 1. The highest BCUT2D eigenvalue weighted by atomic mass is 35.5. The number of carbonyl (C=O) groups excluding carboxylic acids is 1. The fourth-order valence-electron chi connectivity index (χ4n) is 1.77. The molecule has 0 N–H and O–H groups in total. The Labute approximate surface area is 109 Å². The molecule has 0 aliphatic carbocycles. The van der Waals surface area contributed by atoms with Crippen molar-refractivity contribution in [3.05, 3.63) is 64.6 Å². The summed E-state index contributed by atoms with van der Waals surface area (Å²) < 4.78 is 5.50. The van der Waals surface area contributed by atoms with E-state index in [0.29, 0.717) is 22.1 Å². The van der Waals surface area contributed by atoms with E-state index < -0.39 is 0 Å². The van der Waals surface area contributed by atoms with Crippen LogP contribution in [0.5, 0.6) is 5.75 Å². The van der Waals surface area contributed by atoms with Crippen molar-refractivity contribution in [1.82, 2.24) is 4.98 Å². The molecule has 0 saturated heterocycles. The Morgan fingerprint density at radius 1 is 1.28 bits per heavy atom. The molecule has 1 aromatic heterocycles. The van der Waals surface area contributed by atoms with Crippen molar-refractivity contribution in [2.24, 2.45) is 0 Å². The minimum Gasteiger partial charge on any atom is -0.452 e. The van der Waals surface area contributed by atoms with Crippen LogP contribution in [0.25, 0.3) is 6.08 Å². The van der Waals surface area contributed by atoms with Gasteiger partial charge < -0.3 is 4.74 Å². The Hall–Kier alpha value is -2.13. The molecule has 0 saturated carbocycles. The van der Waals surface area contributed by atoms with Crippen molar-refractivity contribution in [2.45, 2.75) is 0 Å². The molecule has 2 aromatic rings. The third-order valence-corrected chi connectivity index (χ3v) is 2.85. The first kappa shape index (κ1) is 11.0. The first-order valence-corrected chi connectivity index (χ1v) is 5.76. The predicted molar refractivity (Wildman–Crippen MR) is 68.6 cm³/mol. The van der Waals surface area contributed by atoms with Gasteiger partial charge in [0.05, 0.1) is 5.56 Å². The molecule has 0 amide bonds. The monoisotopic (exact) mass is 257 g/mol. The number of ketones is 1. The molecule has 3 nitrogen and oxygen atoms in total. The lowest BCUT2D eigenvalue weighted by molar-refractivity contribution is 0.101. The van der Waals surface area contributed by atoms with Gasteiger partial charge in [0.15, 0.2) is 5.76 Å². The number of Topliss-reactive ketones (excluding diaryl/α,β-unsaturated/α-hetero) is 1. The van der Waals surface area contributed by atoms with Gasteiger partial charge in [0, 0.05) is 17.4 Å². The molecule has 18 heavy (non-hydrogen) atoms. The van der Waals surface area contributed by atoms with Crippen LogP contribution in [0.4, 0.5) is 0 Å². The predicted octanol–water partition coefficient (Wildman–Crippen LogP) is 3.35. The quantitative estimate of drug-likeness (QED) is 0.736. The molecular weight excluding hydrogens is 250 g/mol. The molecule has 0 fully saturated rings. The van der Waals surface area contributed by atoms with Crippen LogP contribution in [0.15, 0.2) is 48.5 Å². The van der Waals surface area contributed by atoms with Gasteiger partial charge in [0.1, 0.15) is 5.75 Å². The molecule has 3 rings (SSSR count). The van der Waals surface area contributed by atoms with Gasteiger partial charge in [-0.15, -0.1) is 0 Å². The molecule has 0 unspecified atom stereocenters. The number of hydrogen-bond acceptors (Lipinski definition) is 3. The molecule has 1 aliphatic rings. The van der Waals surface area contributed by atoms with Gasteiger partial charge in [-0.25, -0.2) is 0 Å². The molecule has 0 atom stereocenters. The Kier molecular flexibility index (Phi) is 2.61. The summed E-state index contributed by atoms with van der Waals surface area (Å²) in [6, 6.07) is 8.66. The van der Waals surface area contributed by atoms with Crippen molar-refractivity contribution >= 4 is 23.5 Å². The minimum absolute atomic E-state index is 0.156. The molecule has 0 bridgehead atoms. The Balaban J connectivity index is 2.00. The number of carbonyl (C=O) groups is 1. The number of halogens is 1. The average Bonchev–Trinajstić information content (AvgIpc) is 2.68. The van der Waals surface area contributed by atoms with E-state index in [2.05, 4.69) is 4.98 Å². The lowest BCUT2D eigenvalue weighted by atomic mass is 10.1. The van der Waals surface area contributed by atoms with Gasteiger partial charge in [-0.05, 0) is 35.9 Å². The topological polar surface area (TPSA) is 39.2 Å². The normalized spacial score (nSPS) is 15.6. The van der Waals surface area contributed by atoms with Crippen LogP contribution in [0, 0.1) is 0 Å². The zero-order valence-corrected chi connectivity index (χ0v) is 10.0. The first-order chi connectivity index (χ1) is 8.74. The van der Waals surface area contributed by atoms with E-state index in [9.17, 15) is 4.79 Å². The number of nitrogens with zero attached hydrogens (tertiary/aromatic N) is 1. The second-order valence-electron chi connectivity index (χ2n) is 3.87. The maximum absolute atomic E-state index is 12.1. The van der Waals surface area contributed by atoms with Crippen LogP contribution in [0.3, 0.4) is 0 Å². The standard InChI is InChI=1S/C14H8ClNO2/c15-10-3-4-12-11(7-10)14(17)13(18-12)6-9-2-1-5-16-8-9/h1-8H.